The Labute approximate surface area is 124 Å². The Morgan fingerprint density at radius 2 is 2.10 bits per heavy atom. The van der Waals surface area contributed by atoms with E-state index >= 15 is 0 Å². The van der Waals surface area contributed by atoms with Gasteiger partial charge in [0.1, 0.15) is 10.6 Å². The number of aliphatic hydroxyl groups excluding tert-OH is 1. The molecule has 0 atom stereocenters. The number of rotatable bonds is 3. The zero-order valence-corrected chi connectivity index (χ0v) is 12.2. The van der Waals surface area contributed by atoms with E-state index < -0.39 is 0 Å². The molecule has 0 radical (unpaired) electrons. The number of aliphatic hydroxyl groups is 1. The first-order chi connectivity index (χ1) is 9.67. The van der Waals surface area contributed by atoms with E-state index in [4.69, 9.17) is 16.3 Å². The van der Waals surface area contributed by atoms with Crippen molar-refractivity contribution in [3.05, 3.63) is 46.1 Å². The highest BCUT2D eigenvalue weighted by Gasteiger charge is 2.13. The average Bonchev–Trinajstić information content (AvgIpc) is 2.79. The van der Waals surface area contributed by atoms with Gasteiger partial charge in [0.2, 0.25) is 11.2 Å². The maximum atomic E-state index is 9.33. The fraction of sp³-hybridized carbons (Fsp3) is 0.143. The number of para-hydroxylation sites is 1. The number of aryl methyl sites for hydroxylation is 1. The molecule has 0 fully saturated rings. The third-order valence-electron chi connectivity index (χ3n) is 2.80. The number of halogens is 1. The summed E-state index contributed by atoms with van der Waals surface area (Å²) in [5, 5.41) is 10.3. The van der Waals surface area contributed by atoms with Gasteiger partial charge < -0.3 is 9.84 Å². The van der Waals surface area contributed by atoms with Crippen LogP contribution in [0.4, 0.5) is 0 Å². The Morgan fingerprint density at radius 1 is 1.30 bits per heavy atom. The summed E-state index contributed by atoms with van der Waals surface area (Å²) < 4.78 is 5.82. The van der Waals surface area contributed by atoms with Crippen molar-refractivity contribution in [1.29, 1.82) is 0 Å². The van der Waals surface area contributed by atoms with Gasteiger partial charge in [0, 0.05) is 10.4 Å². The van der Waals surface area contributed by atoms with Crippen LogP contribution in [0.1, 0.15) is 10.4 Å². The summed E-state index contributed by atoms with van der Waals surface area (Å²) in [5.41, 5.74) is 0.697. The van der Waals surface area contributed by atoms with Crippen molar-refractivity contribution in [3.63, 3.8) is 0 Å². The predicted molar refractivity (Wildman–Crippen MR) is 79.6 cm³/mol. The van der Waals surface area contributed by atoms with Gasteiger partial charge in [-0.05, 0) is 30.7 Å². The summed E-state index contributed by atoms with van der Waals surface area (Å²) in [5.74, 6) is 0.972. The summed E-state index contributed by atoms with van der Waals surface area (Å²) >= 11 is 7.46. The van der Waals surface area contributed by atoms with E-state index in [2.05, 4.69) is 9.97 Å². The van der Waals surface area contributed by atoms with Crippen LogP contribution >= 0.6 is 22.9 Å². The minimum absolute atomic E-state index is 0.0964. The van der Waals surface area contributed by atoms with E-state index in [9.17, 15) is 5.11 Å². The molecule has 2 heterocycles. The molecule has 1 N–H and O–H groups in total. The molecule has 2 aromatic heterocycles. The van der Waals surface area contributed by atoms with E-state index in [-0.39, 0.29) is 11.9 Å². The quantitative estimate of drug-likeness (QED) is 0.745. The Bertz CT molecular complexity index is 773. The molecule has 3 rings (SSSR count). The van der Waals surface area contributed by atoms with Crippen LogP contribution in [0.5, 0.6) is 11.6 Å². The highest BCUT2D eigenvalue weighted by atomic mass is 35.5. The van der Waals surface area contributed by atoms with Crippen LogP contribution in [-0.4, -0.2) is 15.1 Å². The van der Waals surface area contributed by atoms with Crippen LogP contribution in [0.25, 0.3) is 10.2 Å². The number of ether oxygens (including phenoxy) is 1. The molecule has 20 heavy (non-hydrogen) atoms. The molecular formula is C14H11ClN2O2S. The first kappa shape index (κ1) is 13.3. The highest BCUT2D eigenvalue weighted by molar-refractivity contribution is 7.18. The molecule has 0 saturated carbocycles. The fourth-order valence-corrected chi connectivity index (χ4v) is 2.99. The summed E-state index contributed by atoms with van der Waals surface area (Å²) in [6.45, 7) is 1.90. The van der Waals surface area contributed by atoms with Gasteiger partial charge in [0.15, 0.2) is 0 Å². The van der Waals surface area contributed by atoms with Crippen LogP contribution in [0.3, 0.4) is 0 Å². The molecule has 4 nitrogen and oxygen atoms in total. The molecule has 0 aliphatic heterocycles. The fourth-order valence-electron chi connectivity index (χ4n) is 1.91. The Hall–Kier alpha value is -1.69. The third kappa shape index (κ3) is 2.47. The molecule has 102 valence electrons. The standard InChI is InChI=1S/C14H11ClN2O2S/c1-8-6-10-12(16-14(15)17-13(10)20-8)19-11-5-3-2-4-9(11)7-18/h2-6,18H,7H2,1H3. The van der Waals surface area contributed by atoms with Crippen molar-refractivity contribution in [2.45, 2.75) is 13.5 Å². The summed E-state index contributed by atoms with van der Waals surface area (Å²) in [6.07, 6.45) is 0. The molecule has 1 aromatic carbocycles. The third-order valence-corrected chi connectivity index (χ3v) is 3.92. The largest absolute Gasteiger partial charge is 0.438 e. The average molecular weight is 307 g/mol. The van der Waals surface area contributed by atoms with Crippen molar-refractivity contribution >= 4 is 33.2 Å². The number of thiophene rings is 1. The van der Waals surface area contributed by atoms with Crippen LogP contribution in [-0.2, 0) is 6.61 Å². The van der Waals surface area contributed by atoms with Crippen LogP contribution in [0, 0.1) is 6.92 Å². The van der Waals surface area contributed by atoms with E-state index in [0.717, 1.165) is 15.1 Å². The van der Waals surface area contributed by atoms with E-state index in [0.29, 0.717) is 17.2 Å². The van der Waals surface area contributed by atoms with Crippen LogP contribution in [0.2, 0.25) is 5.28 Å². The molecule has 0 spiro atoms. The highest BCUT2D eigenvalue weighted by Crippen LogP contribution is 2.34. The lowest BCUT2D eigenvalue weighted by Crippen LogP contribution is -1.94. The molecule has 6 heteroatoms. The first-order valence-corrected chi connectivity index (χ1v) is 7.17. The summed E-state index contributed by atoms with van der Waals surface area (Å²) in [6, 6.07) is 9.23. The van der Waals surface area contributed by atoms with Gasteiger partial charge >= 0.3 is 0 Å². The van der Waals surface area contributed by atoms with Gasteiger partial charge in [0.25, 0.3) is 0 Å². The number of benzene rings is 1. The Morgan fingerprint density at radius 3 is 2.90 bits per heavy atom. The lowest BCUT2D eigenvalue weighted by molar-refractivity contribution is 0.276. The lowest BCUT2D eigenvalue weighted by Gasteiger charge is -2.09. The van der Waals surface area contributed by atoms with Crippen molar-refractivity contribution < 1.29 is 9.84 Å². The second kappa shape index (κ2) is 5.36. The molecule has 0 saturated heterocycles. The number of hydrogen-bond donors (Lipinski definition) is 1. The summed E-state index contributed by atoms with van der Waals surface area (Å²) in [4.78, 5) is 10.2. The molecule has 0 aliphatic rings. The minimum atomic E-state index is -0.0964. The van der Waals surface area contributed by atoms with Crippen molar-refractivity contribution in [1.82, 2.24) is 9.97 Å². The molecule has 0 aliphatic carbocycles. The van der Waals surface area contributed by atoms with E-state index in [1.807, 2.05) is 25.1 Å². The Kier molecular flexibility index (Phi) is 3.56. The van der Waals surface area contributed by atoms with Gasteiger partial charge in [-0.25, -0.2) is 4.98 Å². The first-order valence-electron chi connectivity index (χ1n) is 5.97. The lowest BCUT2D eigenvalue weighted by atomic mass is 10.2. The summed E-state index contributed by atoms with van der Waals surface area (Å²) in [7, 11) is 0. The van der Waals surface area contributed by atoms with E-state index in [1.165, 1.54) is 11.3 Å². The normalized spacial score (nSPS) is 10.9. The van der Waals surface area contributed by atoms with Gasteiger partial charge in [-0.3, -0.25) is 0 Å². The molecule has 0 amide bonds. The maximum absolute atomic E-state index is 9.33. The van der Waals surface area contributed by atoms with Crippen LogP contribution < -0.4 is 4.74 Å². The van der Waals surface area contributed by atoms with E-state index in [1.54, 1.807) is 12.1 Å². The second-order valence-electron chi connectivity index (χ2n) is 4.24. The SMILES string of the molecule is Cc1cc2c(Oc3ccccc3CO)nc(Cl)nc2s1. The molecule has 3 aromatic rings. The predicted octanol–water partition coefficient (Wildman–Crippen LogP) is 3.94. The van der Waals surface area contributed by atoms with Gasteiger partial charge in [-0.2, -0.15) is 4.98 Å². The topological polar surface area (TPSA) is 55.2 Å². The van der Waals surface area contributed by atoms with Gasteiger partial charge in [0.05, 0.1) is 12.0 Å². The van der Waals surface area contributed by atoms with Crippen LogP contribution in [0.15, 0.2) is 30.3 Å². The molecule has 0 unspecified atom stereocenters. The Balaban J connectivity index is 2.10. The monoisotopic (exact) mass is 306 g/mol. The van der Waals surface area contributed by atoms with Gasteiger partial charge in [-0.15, -0.1) is 11.3 Å². The zero-order chi connectivity index (χ0) is 14.1. The zero-order valence-electron chi connectivity index (χ0n) is 10.6. The van der Waals surface area contributed by atoms with Crippen molar-refractivity contribution in [3.8, 4) is 11.6 Å². The van der Waals surface area contributed by atoms with Gasteiger partial charge in [-0.1, -0.05) is 18.2 Å². The second-order valence-corrected chi connectivity index (χ2v) is 5.81. The smallest absolute Gasteiger partial charge is 0.232 e. The number of aromatic nitrogens is 2. The number of nitrogens with zero attached hydrogens (tertiary/aromatic N) is 2. The molecular weight excluding hydrogens is 296 g/mol. The molecule has 0 bridgehead atoms. The minimum Gasteiger partial charge on any atom is -0.438 e. The number of hydrogen-bond acceptors (Lipinski definition) is 5. The van der Waals surface area contributed by atoms with Crippen molar-refractivity contribution in [2.24, 2.45) is 0 Å². The van der Waals surface area contributed by atoms with Crippen molar-refractivity contribution in [2.75, 3.05) is 0 Å². The maximum Gasteiger partial charge on any atom is 0.232 e. The number of fused-ring (bicyclic) bond motifs is 1.